The first-order valence-corrected chi connectivity index (χ1v) is 5.48. The Morgan fingerprint density at radius 1 is 1.17 bits per heavy atom. The van der Waals surface area contributed by atoms with Crippen LogP contribution >= 0.6 is 0 Å². The van der Waals surface area contributed by atoms with Gasteiger partial charge in [0.05, 0.1) is 0 Å². The van der Waals surface area contributed by atoms with Gasteiger partial charge in [-0.15, -0.1) is 0 Å². The first kappa shape index (κ1) is 12.4. The van der Waals surface area contributed by atoms with Crippen molar-refractivity contribution in [1.29, 1.82) is 0 Å². The van der Waals surface area contributed by atoms with E-state index in [0.717, 1.165) is 0 Å². The molecule has 0 aliphatic rings. The molecule has 0 spiro atoms. The summed E-state index contributed by atoms with van der Waals surface area (Å²) in [4.78, 5) is 4.29. The lowest BCUT2D eigenvalue weighted by Crippen LogP contribution is -2.21. The number of anilines is 2. The van der Waals surface area contributed by atoms with Gasteiger partial charge < -0.3 is 20.7 Å². The number of nitrogens with two attached hydrogens (primary N) is 2. The molecule has 0 atom stereocenters. The molecule has 4 N–H and O–H groups in total. The van der Waals surface area contributed by atoms with Crippen LogP contribution in [0.5, 0.6) is 0 Å². The molecular weight excluding hydrogens is 232 g/mol. The topological polar surface area (TPSA) is 100 Å². The lowest BCUT2D eigenvalue weighted by Gasteiger charge is -2.17. The summed E-state index contributed by atoms with van der Waals surface area (Å²) >= 11 is 0. The third-order valence-corrected chi connectivity index (χ3v) is 2.70. The third-order valence-electron chi connectivity index (χ3n) is 2.70. The highest BCUT2D eigenvalue weighted by molar-refractivity contribution is 5.67. The molecule has 0 fully saturated rings. The van der Waals surface area contributed by atoms with Crippen LogP contribution in [-0.2, 0) is 10.3 Å². The molecule has 0 aliphatic carbocycles. The molecule has 0 saturated carbocycles. The van der Waals surface area contributed by atoms with E-state index in [1.165, 1.54) is 0 Å². The summed E-state index contributed by atoms with van der Waals surface area (Å²) in [5.74, 6) is 0.843. The van der Waals surface area contributed by atoms with E-state index in [4.69, 9.17) is 20.7 Å². The number of hydrogen-bond donors (Lipinski definition) is 2. The SMILES string of the molecule is COC(C)(C)c1noc(-c2cc(N)cc(N)c2)n1. The zero-order valence-electron chi connectivity index (χ0n) is 10.6. The van der Waals surface area contributed by atoms with Crippen molar-refractivity contribution in [3.05, 3.63) is 24.0 Å². The van der Waals surface area contributed by atoms with E-state index >= 15 is 0 Å². The summed E-state index contributed by atoms with van der Waals surface area (Å²) in [6, 6.07) is 5.13. The summed E-state index contributed by atoms with van der Waals surface area (Å²) in [5.41, 5.74) is 12.6. The highest BCUT2D eigenvalue weighted by Gasteiger charge is 2.26. The zero-order chi connectivity index (χ0) is 13.3. The minimum absolute atomic E-state index is 0.370. The molecular formula is C12H16N4O2. The van der Waals surface area contributed by atoms with Gasteiger partial charge in [0.15, 0.2) is 0 Å². The van der Waals surface area contributed by atoms with Gasteiger partial charge in [-0.3, -0.25) is 0 Å². The maximum atomic E-state index is 5.72. The maximum absolute atomic E-state index is 5.72. The van der Waals surface area contributed by atoms with Gasteiger partial charge >= 0.3 is 0 Å². The molecule has 1 aromatic heterocycles. The molecule has 2 aromatic rings. The number of rotatable bonds is 3. The number of benzene rings is 1. The number of ether oxygens (including phenoxy) is 1. The number of aromatic nitrogens is 2. The Labute approximate surface area is 105 Å². The Bertz CT molecular complexity index is 543. The summed E-state index contributed by atoms with van der Waals surface area (Å²) in [5, 5.41) is 3.90. The van der Waals surface area contributed by atoms with Crippen molar-refractivity contribution in [2.24, 2.45) is 0 Å². The van der Waals surface area contributed by atoms with E-state index in [9.17, 15) is 0 Å². The Kier molecular flexibility index (Phi) is 2.96. The Balaban J connectivity index is 2.41. The van der Waals surface area contributed by atoms with Crippen molar-refractivity contribution in [2.45, 2.75) is 19.4 Å². The molecule has 0 saturated heterocycles. The Morgan fingerprint density at radius 3 is 2.33 bits per heavy atom. The molecule has 0 amide bonds. The molecule has 2 rings (SSSR count). The molecule has 0 aliphatic heterocycles. The van der Waals surface area contributed by atoms with Gasteiger partial charge in [-0.1, -0.05) is 5.16 Å². The molecule has 0 radical (unpaired) electrons. The van der Waals surface area contributed by atoms with Crippen LogP contribution in [0.15, 0.2) is 22.7 Å². The molecule has 0 unspecified atom stereocenters. The maximum Gasteiger partial charge on any atom is 0.258 e. The Hall–Kier alpha value is -2.08. The number of nitrogens with zero attached hydrogens (tertiary/aromatic N) is 2. The van der Waals surface area contributed by atoms with Crippen LogP contribution < -0.4 is 11.5 Å². The second-order valence-corrected chi connectivity index (χ2v) is 4.53. The standard InChI is InChI=1S/C12H16N4O2/c1-12(2,17-3)11-15-10(18-16-11)7-4-8(13)6-9(14)5-7/h4-6H,13-14H2,1-3H3. The summed E-state index contributed by atoms with van der Waals surface area (Å²) in [7, 11) is 1.59. The quantitative estimate of drug-likeness (QED) is 0.803. The van der Waals surface area contributed by atoms with E-state index in [2.05, 4.69) is 10.1 Å². The normalized spacial score (nSPS) is 11.7. The van der Waals surface area contributed by atoms with Gasteiger partial charge in [0.1, 0.15) is 5.60 Å². The minimum atomic E-state index is -0.604. The van der Waals surface area contributed by atoms with Gasteiger partial charge in [0.25, 0.3) is 5.89 Å². The second kappa shape index (κ2) is 4.30. The molecule has 6 nitrogen and oxygen atoms in total. The fraction of sp³-hybridized carbons (Fsp3) is 0.333. The smallest absolute Gasteiger partial charge is 0.258 e. The highest BCUT2D eigenvalue weighted by Crippen LogP contribution is 2.27. The molecule has 1 aromatic carbocycles. The summed E-state index contributed by atoms with van der Waals surface area (Å²) < 4.78 is 10.5. The first-order valence-electron chi connectivity index (χ1n) is 5.48. The average molecular weight is 248 g/mol. The van der Waals surface area contributed by atoms with Crippen LogP contribution in [0, 0.1) is 0 Å². The molecule has 18 heavy (non-hydrogen) atoms. The largest absolute Gasteiger partial charge is 0.399 e. The van der Waals surface area contributed by atoms with Crippen molar-refractivity contribution < 1.29 is 9.26 Å². The monoisotopic (exact) mass is 248 g/mol. The van der Waals surface area contributed by atoms with Crippen molar-refractivity contribution in [2.75, 3.05) is 18.6 Å². The van der Waals surface area contributed by atoms with Gasteiger partial charge in [-0.05, 0) is 32.0 Å². The first-order chi connectivity index (χ1) is 8.42. The average Bonchev–Trinajstić information content (AvgIpc) is 2.77. The fourth-order valence-corrected chi connectivity index (χ4v) is 1.48. The fourth-order valence-electron chi connectivity index (χ4n) is 1.48. The van der Waals surface area contributed by atoms with Gasteiger partial charge in [0.2, 0.25) is 5.82 Å². The van der Waals surface area contributed by atoms with Crippen LogP contribution in [0.2, 0.25) is 0 Å². The van der Waals surface area contributed by atoms with Crippen LogP contribution in [0.25, 0.3) is 11.5 Å². The van der Waals surface area contributed by atoms with Crippen LogP contribution in [0.3, 0.4) is 0 Å². The summed E-state index contributed by atoms with van der Waals surface area (Å²) in [6.07, 6.45) is 0. The molecule has 0 bridgehead atoms. The minimum Gasteiger partial charge on any atom is -0.399 e. The predicted octanol–water partition coefficient (Wildman–Crippen LogP) is 1.78. The summed E-state index contributed by atoms with van der Waals surface area (Å²) in [6.45, 7) is 3.71. The molecule has 6 heteroatoms. The van der Waals surface area contributed by atoms with Crippen molar-refractivity contribution >= 4 is 11.4 Å². The van der Waals surface area contributed by atoms with E-state index < -0.39 is 5.60 Å². The van der Waals surface area contributed by atoms with Gasteiger partial charge in [-0.25, -0.2) is 0 Å². The third kappa shape index (κ3) is 2.28. The lowest BCUT2D eigenvalue weighted by atomic mass is 10.1. The highest BCUT2D eigenvalue weighted by atomic mass is 16.5. The van der Waals surface area contributed by atoms with E-state index in [1.807, 2.05) is 13.8 Å². The Morgan fingerprint density at radius 2 is 1.78 bits per heavy atom. The number of hydrogen-bond acceptors (Lipinski definition) is 6. The van der Waals surface area contributed by atoms with Gasteiger partial charge in [0, 0.05) is 24.0 Å². The van der Waals surface area contributed by atoms with Crippen LogP contribution in [0.4, 0.5) is 11.4 Å². The molecule has 1 heterocycles. The van der Waals surface area contributed by atoms with Crippen molar-refractivity contribution in [1.82, 2.24) is 10.1 Å². The zero-order valence-corrected chi connectivity index (χ0v) is 10.6. The van der Waals surface area contributed by atoms with Crippen molar-refractivity contribution in [3.63, 3.8) is 0 Å². The van der Waals surface area contributed by atoms with Crippen LogP contribution in [-0.4, -0.2) is 17.3 Å². The second-order valence-electron chi connectivity index (χ2n) is 4.53. The van der Waals surface area contributed by atoms with Gasteiger partial charge in [-0.2, -0.15) is 4.98 Å². The van der Waals surface area contributed by atoms with E-state index in [0.29, 0.717) is 28.7 Å². The number of nitrogen functional groups attached to an aromatic ring is 2. The van der Waals surface area contributed by atoms with E-state index in [-0.39, 0.29) is 0 Å². The van der Waals surface area contributed by atoms with Crippen molar-refractivity contribution in [3.8, 4) is 11.5 Å². The molecule has 96 valence electrons. The number of methoxy groups -OCH3 is 1. The lowest BCUT2D eigenvalue weighted by molar-refractivity contribution is 0.00973. The van der Waals surface area contributed by atoms with E-state index in [1.54, 1.807) is 25.3 Å². The predicted molar refractivity (Wildman–Crippen MR) is 68.6 cm³/mol. The van der Waals surface area contributed by atoms with Crippen LogP contribution in [0.1, 0.15) is 19.7 Å².